The zero-order valence-corrected chi connectivity index (χ0v) is 7.79. The molecular weight excluding hydrogens is 192 g/mol. The van der Waals surface area contributed by atoms with E-state index in [0.717, 1.165) is 5.56 Å². The van der Waals surface area contributed by atoms with Gasteiger partial charge in [0.25, 0.3) is 0 Å². The van der Waals surface area contributed by atoms with Crippen molar-refractivity contribution in [1.82, 2.24) is 0 Å². The van der Waals surface area contributed by atoms with Crippen LogP contribution in [0, 0.1) is 10.1 Å². The van der Waals surface area contributed by atoms with Crippen LogP contribution in [0.3, 0.4) is 0 Å². The first-order chi connectivity index (χ1) is 5.72. The molecule has 72 valence electrons. The van der Waals surface area contributed by atoms with Gasteiger partial charge in [-0.05, 0) is 5.56 Å². The highest BCUT2D eigenvalue weighted by Crippen LogP contribution is 2.04. The first-order valence-corrected chi connectivity index (χ1v) is 3.62. The molecule has 0 radical (unpaired) electrons. The standard InChI is InChI=1S/C8H10N2O2.ClH/c9-5-7-1-3-8(4-2-7)6-10(11)12;/h1-4H,5-6,9H2;1H. The molecule has 0 fully saturated rings. The lowest BCUT2D eigenvalue weighted by Crippen LogP contribution is -1.99. The van der Waals surface area contributed by atoms with E-state index in [-0.39, 0.29) is 23.9 Å². The van der Waals surface area contributed by atoms with Crippen molar-refractivity contribution in [1.29, 1.82) is 0 Å². The van der Waals surface area contributed by atoms with Gasteiger partial charge in [0.1, 0.15) is 0 Å². The summed E-state index contributed by atoms with van der Waals surface area (Å²) in [4.78, 5) is 9.75. The Kier molecular flexibility index (Phi) is 5.03. The van der Waals surface area contributed by atoms with Gasteiger partial charge in [-0.1, -0.05) is 24.3 Å². The average molecular weight is 203 g/mol. The van der Waals surface area contributed by atoms with Gasteiger partial charge in [-0.3, -0.25) is 10.1 Å². The monoisotopic (exact) mass is 202 g/mol. The fourth-order valence-corrected chi connectivity index (χ4v) is 0.930. The number of benzene rings is 1. The van der Waals surface area contributed by atoms with Gasteiger partial charge in [0.15, 0.2) is 0 Å². The van der Waals surface area contributed by atoms with Gasteiger partial charge in [0.05, 0.1) is 0 Å². The maximum Gasteiger partial charge on any atom is 0.228 e. The van der Waals surface area contributed by atoms with Crippen LogP contribution in [0.15, 0.2) is 24.3 Å². The van der Waals surface area contributed by atoms with E-state index in [0.29, 0.717) is 12.1 Å². The molecule has 0 amide bonds. The van der Waals surface area contributed by atoms with Gasteiger partial charge in [-0.2, -0.15) is 0 Å². The molecule has 0 atom stereocenters. The van der Waals surface area contributed by atoms with Gasteiger partial charge < -0.3 is 5.73 Å². The summed E-state index contributed by atoms with van der Waals surface area (Å²) in [5.74, 6) is 0. The molecule has 0 unspecified atom stereocenters. The van der Waals surface area contributed by atoms with Crippen LogP contribution in [0.4, 0.5) is 0 Å². The Balaban J connectivity index is 0.00000144. The van der Waals surface area contributed by atoms with E-state index in [9.17, 15) is 10.1 Å². The second-order valence-corrected chi connectivity index (χ2v) is 2.51. The van der Waals surface area contributed by atoms with Crippen LogP contribution in [0.5, 0.6) is 0 Å². The third-order valence-corrected chi connectivity index (χ3v) is 1.57. The molecule has 0 heterocycles. The highest BCUT2D eigenvalue weighted by molar-refractivity contribution is 5.85. The van der Waals surface area contributed by atoms with Crippen LogP contribution < -0.4 is 5.73 Å². The van der Waals surface area contributed by atoms with Crippen molar-refractivity contribution < 1.29 is 4.92 Å². The molecule has 1 rings (SSSR count). The van der Waals surface area contributed by atoms with E-state index in [1.807, 2.05) is 0 Å². The summed E-state index contributed by atoms with van der Waals surface area (Å²) in [6.45, 7) is 0.351. The fraction of sp³-hybridized carbons (Fsp3) is 0.250. The Morgan fingerprint density at radius 1 is 1.23 bits per heavy atom. The zero-order chi connectivity index (χ0) is 8.97. The van der Waals surface area contributed by atoms with Crippen molar-refractivity contribution >= 4 is 12.4 Å². The summed E-state index contributed by atoms with van der Waals surface area (Å²) < 4.78 is 0. The molecule has 1 aromatic rings. The quantitative estimate of drug-likeness (QED) is 0.594. The topological polar surface area (TPSA) is 69.2 Å². The molecule has 0 aromatic heterocycles. The molecule has 0 aliphatic carbocycles. The number of halogens is 1. The first kappa shape index (κ1) is 11.9. The van der Waals surface area contributed by atoms with Crippen LogP contribution in [-0.2, 0) is 13.1 Å². The number of nitrogens with two attached hydrogens (primary N) is 1. The number of hydrogen-bond acceptors (Lipinski definition) is 3. The van der Waals surface area contributed by atoms with Gasteiger partial charge >= 0.3 is 0 Å². The minimum Gasteiger partial charge on any atom is -0.326 e. The van der Waals surface area contributed by atoms with E-state index in [4.69, 9.17) is 5.73 Å². The highest BCUT2D eigenvalue weighted by atomic mass is 35.5. The highest BCUT2D eigenvalue weighted by Gasteiger charge is 1.99. The smallest absolute Gasteiger partial charge is 0.228 e. The van der Waals surface area contributed by atoms with Crippen LogP contribution in [-0.4, -0.2) is 4.92 Å². The Hall–Kier alpha value is -1.13. The maximum atomic E-state index is 10.1. The van der Waals surface area contributed by atoms with E-state index >= 15 is 0 Å². The second-order valence-electron chi connectivity index (χ2n) is 2.51. The summed E-state index contributed by atoms with van der Waals surface area (Å²) in [6, 6.07) is 7.06. The van der Waals surface area contributed by atoms with Crippen LogP contribution in [0.2, 0.25) is 0 Å². The molecule has 0 aliphatic heterocycles. The molecule has 0 saturated carbocycles. The maximum absolute atomic E-state index is 10.1. The Morgan fingerprint density at radius 3 is 2.08 bits per heavy atom. The second kappa shape index (κ2) is 5.50. The third kappa shape index (κ3) is 3.87. The van der Waals surface area contributed by atoms with Gasteiger partial charge in [-0.25, -0.2) is 0 Å². The summed E-state index contributed by atoms with van der Waals surface area (Å²) in [6.07, 6.45) is 0. The lowest BCUT2D eigenvalue weighted by atomic mass is 10.1. The van der Waals surface area contributed by atoms with Crippen LogP contribution >= 0.6 is 12.4 Å². The Labute approximate surface area is 82.3 Å². The largest absolute Gasteiger partial charge is 0.326 e. The third-order valence-electron chi connectivity index (χ3n) is 1.57. The molecule has 2 N–H and O–H groups in total. The van der Waals surface area contributed by atoms with Crippen molar-refractivity contribution in [3.63, 3.8) is 0 Å². The van der Waals surface area contributed by atoms with Crippen LogP contribution in [0.1, 0.15) is 11.1 Å². The predicted molar refractivity (Wildman–Crippen MR) is 52.3 cm³/mol. The molecular formula is C8H11ClN2O2. The lowest BCUT2D eigenvalue weighted by Gasteiger charge is -1.97. The van der Waals surface area contributed by atoms with Gasteiger partial charge in [0.2, 0.25) is 6.54 Å². The minimum atomic E-state index is -0.350. The average Bonchev–Trinajstić information content (AvgIpc) is 2.05. The summed E-state index contributed by atoms with van der Waals surface area (Å²) in [7, 11) is 0. The lowest BCUT2D eigenvalue weighted by molar-refractivity contribution is -0.496. The Bertz CT molecular complexity index is 274. The molecule has 4 nitrogen and oxygen atoms in total. The van der Waals surface area contributed by atoms with E-state index < -0.39 is 0 Å². The molecule has 0 aliphatic rings. The van der Waals surface area contributed by atoms with Crippen molar-refractivity contribution in [2.24, 2.45) is 5.73 Å². The predicted octanol–water partition coefficient (Wildman–Crippen LogP) is 1.34. The molecule has 0 bridgehead atoms. The normalized spacial score (nSPS) is 9.00. The Morgan fingerprint density at radius 2 is 1.69 bits per heavy atom. The fourth-order valence-electron chi connectivity index (χ4n) is 0.930. The van der Waals surface area contributed by atoms with Crippen molar-refractivity contribution in [2.45, 2.75) is 13.1 Å². The number of rotatable bonds is 3. The van der Waals surface area contributed by atoms with Crippen molar-refractivity contribution in [3.8, 4) is 0 Å². The molecule has 1 aromatic carbocycles. The summed E-state index contributed by atoms with van der Waals surface area (Å²) in [5.41, 5.74) is 7.06. The molecule has 13 heavy (non-hydrogen) atoms. The van der Waals surface area contributed by atoms with E-state index in [1.165, 1.54) is 0 Å². The number of nitrogens with zero attached hydrogens (tertiary/aromatic N) is 1. The molecule has 0 saturated heterocycles. The van der Waals surface area contributed by atoms with Crippen molar-refractivity contribution in [2.75, 3.05) is 0 Å². The van der Waals surface area contributed by atoms with Crippen LogP contribution in [0.25, 0.3) is 0 Å². The van der Waals surface area contributed by atoms with Crippen molar-refractivity contribution in [3.05, 3.63) is 45.5 Å². The van der Waals surface area contributed by atoms with Gasteiger partial charge in [0, 0.05) is 17.0 Å². The number of nitro groups is 1. The van der Waals surface area contributed by atoms with E-state index in [2.05, 4.69) is 0 Å². The number of hydrogen-bond donors (Lipinski definition) is 1. The van der Waals surface area contributed by atoms with Gasteiger partial charge in [-0.15, -0.1) is 12.4 Å². The SMILES string of the molecule is Cl.NCc1ccc(C[N+](=O)[O-])cc1. The minimum absolute atomic E-state index is 0. The van der Waals surface area contributed by atoms with E-state index in [1.54, 1.807) is 24.3 Å². The molecule has 0 spiro atoms. The first-order valence-electron chi connectivity index (χ1n) is 3.62. The summed E-state index contributed by atoms with van der Waals surface area (Å²) >= 11 is 0. The molecule has 5 heteroatoms. The summed E-state index contributed by atoms with van der Waals surface area (Å²) in [5, 5.41) is 10.1. The zero-order valence-electron chi connectivity index (χ0n) is 6.97.